The lowest BCUT2D eigenvalue weighted by Gasteiger charge is -2.03. The Kier molecular flexibility index (Phi) is 6.13. The van der Waals surface area contributed by atoms with E-state index in [1.165, 1.54) is 11.3 Å². The lowest BCUT2D eigenvalue weighted by molar-refractivity contribution is -0.136. The van der Waals surface area contributed by atoms with Crippen LogP contribution in [-0.2, 0) is 16.0 Å². The van der Waals surface area contributed by atoms with Crippen LogP contribution in [-0.4, -0.2) is 35.1 Å². The SMILES string of the molecule is CCCNC(=O)CCNc1nc(CC(=O)O)cs1. The third kappa shape index (κ3) is 5.62. The van der Waals surface area contributed by atoms with E-state index in [0.717, 1.165) is 6.42 Å². The molecule has 0 aromatic carbocycles. The van der Waals surface area contributed by atoms with Gasteiger partial charge in [0.25, 0.3) is 0 Å². The average Bonchev–Trinajstić information content (AvgIpc) is 2.73. The second kappa shape index (κ2) is 7.65. The Morgan fingerprint density at radius 3 is 2.89 bits per heavy atom. The smallest absolute Gasteiger partial charge is 0.309 e. The molecule has 0 aliphatic rings. The lowest BCUT2D eigenvalue weighted by atomic mass is 10.3. The molecule has 1 aromatic rings. The van der Waals surface area contributed by atoms with E-state index in [0.29, 0.717) is 30.3 Å². The van der Waals surface area contributed by atoms with Crippen LogP contribution in [0.5, 0.6) is 0 Å². The highest BCUT2D eigenvalue weighted by atomic mass is 32.1. The Bertz CT molecular complexity index is 406. The van der Waals surface area contributed by atoms with Gasteiger partial charge in [-0.1, -0.05) is 6.92 Å². The second-order valence-corrected chi connectivity index (χ2v) is 4.60. The zero-order valence-corrected chi connectivity index (χ0v) is 11.0. The van der Waals surface area contributed by atoms with E-state index >= 15 is 0 Å². The summed E-state index contributed by atoms with van der Waals surface area (Å²) in [5, 5.41) is 16.7. The van der Waals surface area contributed by atoms with Crippen LogP contribution < -0.4 is 10.6 Å². The minimum Gasteiger partial charge on any atom is -0.481 e. The number of amides is 1. The van der Waals surface area contributed by atoms with E-state index in [-0.39, 0.29) is 12.3 Å². The van der Waals surface area contributed by atoms with Crippen molar-refractivity contribution in [2.75, 3.05) is 18.4 Å². The van der Waals surface area contributed by atoms with E-state index in [1.54, 1.807) is 5.38 Å². The molecule has 0 unspecified atom stereocenters. The van der Waals surface area contributed by atoms with E-state index in [2.05, 4.69) is 15.6 Å². The molecule has 0 saturated carbocycles. The first-order chi connectivity index (χ1) is 8.61. The number of hydrogen-bond donors (Lipinski definition) is 3. The number of rotatable bonds is 8. The van der Waals surface area contributed by atoms with Gasteiger partial charge in [0.1, 0.15) is 0 Å². The van der Waals surface area contributed by atoms with Gasteiger partial charge in [-0.25, -0.2) is 4.98 Å². The number of hydrogen-bond acceptors (Lipinski definition) is 5. The van der Waals surface area contributed by atoms with Crippen LogP contribution in [0.4, 0.5) is 5.13 Å². The van der Waals surface area contributed by atoms with Crippen molar-refractivity contribution in [3.8, 4) is 0 Å². The van der Waals surface area contributed by atoms with Gasteiger partial charge in [-0.15, -0.1) is 11.3 Å². The molecule has 0 atom stereocenters. The Balaban J connectivity index is 2.25. The van der Waals surface area contributed by atoms with E-state index in [1.807, 2.05) is 6.92 Å². The van der Waals surface area contributed by atoms with Gasteiger partial charge >= 0.3 is 5.97 Å². The fourth-order valence-electron chi connectivity index (χ4n) is 1.26. The summed E-state index contributed by atoms with van der Waals surface area (Å²) in [5.74, 6) is -0.891. The molecule has 0 fully saturated rings. The van der Waals surface area contributed by atoms with Crippen LogP contribution in [0, 0.1) is 0 Å². The molecular formula is C11H17N3O3S. The summed E-state index contributed by atoms with van der Waals surface area (Å²) < 4.78 is 0. The largest absolute Gasteiger partial charge is 0.481 e. The Morgan fingerprint density at radius 1 is 1.44 bits per heavy atom. The first-order valence-corrected chi connectivity index (χ1v) is 6.66. The molecule has 6 nitrogen and oxygen atoms in total. The highest BCUT2D eigenvalue weighted by Crippen LogP contribution is 2.15. The monoisotopic (exact) mass is 271 g/mol. The first-order valence-electron chi connectivity index (χ1n) is 5.78. The van der Waals surface area contributed by atoms with Gasteiger partial charge in [0, 0.05) is 24.9 Å². The quantitative estimate of drug-likeness (QED) is 0.658. The Labute approximate surface area is 109 Å². The normalized spacial score (nSPS) is 10.1. The van der Waals surface area contributed by atoms with Crippen LogP contribution in [0.25, 0.3) is 0 Å². The number of thiazole rings is 1. The van der Waals surface area contributed by atoms with Gasteiger partial charge in [-0.3, -0.25) is 9.59 Å². The van der Waals surface area contributed by atoms with E-state index in [9.17, 15) is 9.59 Å². The van der Waals surface area contributed by atoms with Crippen molar-refractivity contribution in [1.82, 2.24) is 10.3 Å². The van der Waals surface area contributed by atoms with Crippen molar-refractivity contribution in [2.24, 2.45) is 0 Å². The molecule has 1 heterocycles. The van der Waals surface area contributed by atoms with Crippen molar-refractivity contribution >= 4 is 28.3 Å². The third-order valence-corrected chi connectivity index (χ3v) is 2.93. The topological polar surface area (TPSA) is 91.3 Å². The molecular weight excluding hydrogens is 254 g/mol. The predicted octanol–water partition coefficient (Wildman–Crippen LogP) is 1.10. The van der Waals surface area contributed by atoms with Crippen LogP contribution in [0.1, 0.15) is 25.5 Å². The minimum atomic E-state index is -0.897. The van der Waals surface area contributed by atoms with Crippen molar-refractivity contribution < 1.29 is 14.7 Å². The maximum atomic E-state index is 11.3. The molecule has 0 bridgehead atoms. The second-order valence-electron chi connectivity index (χ2n) is 3.74. The summed E-state index contributed by atoms with van der Waals surface area (Å²) in [6.45, 7) is 3.19. The number of carbonyl (C=O) groups is 2. The molecule has 0 aliphatic carbocycles. The number of nitrogens with one attached hydrogen (secondary N) is 2. The van der Waals surface area contributed by atoms with Gasteiger partial charge in [0.05, 0.1) is 12.1 Å². The molecule has 0 saturated heterocycles. The summed E-state index contributed by atoms with van der Waals surface area (Å²) in [5.41, 5.74) is 0.533. The van der Waals surface area contributed by atoms with Gasteiger partial charge in [-0.05, 0) is 6.42 Å². The minimum absolute atomic E-state index is 0.00617. The summed E-state index contributed by atoms with van der Waals surface area (Å²) in [4.78, 5) is 25.9. The van der Waals surface area contributed by atoms with Crippen molar-refractivity contribution in [3.05, 3.63) is 11.1 Å². The number of nitrogens with zero attached hydrogens (tertiary/aromatic N) is 1. The maximum Gasteiger partial charge on any atom is 0.309 e. The predicted molar refractivity (Wildman–Crippen MR) is 69.9 cm³/mol. The van der Waals surface area contributed by atoms with Crippen LogP contribution in [0.15, 0.2) is 5.38 Å². The molecule has 18 heavy (non-hydrogen) atoms. The number of aromatic nitrogens is 1. The van der Waals surface area contributed by atoms with Crippen molar-refractivity contribution in [1.29, 1.82) is 0 Å². The van der Waals surface area contributed by atoms with E-state index in [4.69, 9.17) is 5.11 Å². The van der Waals surface area contributed by atoms with Gasteiger partial charge in [0.2, 0.25) is 5.91 Å². The van der Waals surface area contributed by atoms with Gasteiger partial charge in [0.15, 0.2) is 5.13 Å². The number of carboxylic acid groups (broad SMARTS) is 1. The van der Waals surface area contributed by atoms with Crippen LogP contribution in [0.2, 0.25) is 0 Å². The Morgan fingerprint density at radius 2 is 2.22 bits per heavy atom. The molecule has 1 rings (SSSR count). The highest BCUT2D eigenvalue weighted by Gasteiger charge is 2.06. The van der Waals surface area contributed by atoms with Gasteiger partial charge < -0.3 is 15.7 Å². The first kappa shape index (κ1) is 14.4. The molecule has 7 heteroatoms. The molecule has 3 N–H and O–H groups in total. The van der Waals surface area contributed by atoms with Gasteiger partial charge in [-0.2, -0.15) is 0 Å². The number of carboxylic acids is 1. The molecule has 1 aromatic heterocycles. The maximum absolute atomic E-state index is 11.3. The number of aliphatic carboxylic acids is 1. The summed E-state index contributed by atoms with van der Waals surface area (Å²) >= 11 is 1.34. The summed E-state index contributed by atoms with van der Waals surface area (Å²) in [6, 6.07) is 0. The molecule has 0 spiro atoms. The molecule has 0 radical (unpaired) electrons. The Hall–Kier alpha value is -1.63. The summed E-state index contributed by atoms with van der Waals surface area (Å²) in [7, 11) is 0. The summed E-state index contributed by atoms with van der Waals surface area (Å²) in [6.07, 6.45) is 1.23. The van der Waals surface area contributed by atoms with Crippen molar-refractivity contribution in [2.45, 2.75) is 26.2 Å². The molecule has 1 amide bonds. The molecule has 100 valence electrons. The molecule has 0 aliphatic heterocycles. The highest BCUT2D eigenvalue weighted by molar-refractivity contribution is 7.13. The van der Waals surface area contributed by atoms with Crippen LogP contribution >= 0.6 is 11.3 Å². The number of anilines is 1. The fraction of sp³-hybridized carbons (Fsp3) is 0.545. The standard InChI is InChI=1S/C11H17N3O3S/c1-2-4-12-9(15)3-5-13-11-14-8(7-18-11)6-10(16)17/h7H,2-6H2,1H3,(H,12,15)(H,13,14)(H,16,17). The zero-order valence-electron chi connectivity index (χ0n) is 10.2. The number of carbonyl (C=O) groups excluding carboxylic acids is 1. The lowest BCUT2D eigenvalue weighted by Crippen LogP contribution is -2.25. The fourth-order valence-corrected chi connectivity index (χ4v) is 2.00. The van der Waals surface area contributed by atoms with Crippen LogP contribution in [0.3, 0.4) is 0 Å². The average molecular weight is 271 g/mol. The zero-order chi connectivity index (χ0) is 13.4. The third-order valence-electron chi connectivity index (χ3n) is 2.08. The van der Waals surface area contributed by atoms with Crippen molar-refractivity contribution in [3.63, 3.8) is 0 Å². The van der Waals surface area contributed by atoms with E-state index < -0.39 is 5.97 Å².